The lowest BCUT2D eigenvalue weighted by atomic mass is 9.85. The van der Waals surface area contributed by atoms with E-state index in [0.717, 1.165) is 27.5 Å². The summed E-state index contributed by atoms with van der Waals surface area (Å²) in [5, 5.41) is 4.56. The zero-order valence-corrected chi connectivity index (χ0v) is 11.9. The van der Waals surface area contributed by atoms with Gasteiger partial charge in [0, 0.05) is 11.3 Å². The molecule has 0 saturated heterocycles. The molecule has 98 valence electrons. The van der Waals surface area contributed by atoms with Crippen LogP contribution in [0.1, 0.15) is 24.4 Å². The number of carbonyl (C=O) groups is 1. The molecule has 0 radical (unpaired) electrons. The molecule has 5 heteroatoms. The smallest absolute Gasteiger partial charge is 0.234 e. The molecule has 1 aliphatic rings. The Kier molecular flexibility index (Phi) is 2.44. The normalized spacial score (nSPS) is 16.3. The van der Waals surface area contributed by atoms with E-state index in [0.29, 0.717) is 5.00 Å². The van der Waals surface area contributed by atoms with E-state index in [1.807, 2.05) is 39.0 Å². The first-order chi connectivity index (χ1) is 8.89. The van der Waals surface area contributed by atoms with E-state index >= 15 is 0 Å². The first kappa shape index (κ1) is 12.2. The van der Waals surface area contributed by atoms with Gasteiger partial charge < -0.3 is 11.1 Å². The van der Waals surface area contributed by atoms with Gasteiger partial charge in [0.2, 0.25) is 5.91 Å². The highest BCUT2D eigenvalue weighted by Crippen LogP contribution is 2.40. The van der Waals surface area contributed by atoms with Crippen molar-refractivity contribution in [2.24, 2.45) is 0 Å². The summed E-state index contributed by atoms with van der Waals surface area (Å²) in [6, 6.07) is 5.88. The molecular weight excluding hydrogens is 258 g/mol. The highest BCUT2D eigenvalue weighted by Gasteiger charge is 2.38. The van der Waals surface area contributed by atoms with E-state index in [1.54, 1.807) is 0 Å². The first-order valence-corrected chi connectivity index (χ1v) is 6.90. The van der Waals surface area contributed by atoms with Gasteiger partial charge >= 0.3 is 0 Å². The number of carbonyl (C=O) groups excluding carboxylic acids is 1. The molecular formula is C14H15N3OS. The number of thiazole rings is 1. The minimum atomic E-state index is -0.509. The van der Waals surface area contributed by atoms with Gasteiger partial charge in [-0.1, -0.05) is 6.07 Å². The number of nitrogens with two attached hydrogens (primary N) is 1. The number of aryl methyl sites for hydroxylation is 1. The Bertz CT molecular complexity index is 688. The fraction of sp³-hybridized carbons (Fsp3) is 0.286. The summed E-state index contributed by atoms with van der Waals surface area (Å²) in [4.78, 5) is 16.4. The van der Waals surface area contributed by atoms with Crippen LogP contribution in [0.15, 0.2) is 18.2 Å². The van der Waals surface area contributed by atoms with Gasteiger partial charge in [-0.2, -0.15) is 0 Å². The highest BCUT2D eigenvalue weighted by molar-refractivity contribution is 7.16. The van der Waals surface area contributed by atoms with Crippen LogP contribution in [0.5, 0.6) is 0 Å². The average Bonchev–Trinajstić information content (AvgIpc) is 2.78. The fourth-order valence-corrected chi connectivity index (χ4v) is 3.08. The number of hydrogen-bond acceptors (Lipinski definition) is 4. The Hall–Kier alpha value is -1.88. The van der Waals surface area contributed by atoms with E-state index in [4.69, 9.17) is 5.73 Å². The summed E-state index contributed by atoms with van der Waals surface area (Å²) in [6.45, 7) is 5.79. The Morgan fingerprint density at radius 3 is 2.74 bits per heavy atom. The van der Waals surface area contributed by atoms with Crippen LogP contribution in [-0.4, -0.2) is 10.9 Å². The highest BCUT2D eigenvalue weighted by atomic mass is 32.1. The Balaban J connectivity index is 2.16. The SMILES string of the molecule is Cc1nc(-c2ccc3c(c2)C(C)(C)C(=O)N3)c(N)s1. The molecule has 0 fully saturated rings. The largest absolute Gasteiger partial charge is 0.389 e. The molecule has 1 aromatic carbocycles. The molecule has 0 aliphatic carbocycles. The monoisotopic (exact) mass is 273 g/mol. The minimum Gasteiger partial charge on any atom is -0.389 e. The predicted octanol–water partition coefficient (Wildman–Crippen LogP) is 2.93. The van der Waals surface area contributed by atoms with Crippen molar-refractivity contribution in [1.29, 1.82) is 0 Å². The molecule has 0 bridgehead atoms. The van der Waals surface area contributed by atoms with Gasteiger partial charge in [0.1, 0.15) is 10.7 Å². The molecule has 1 amide bonds. The van der Waals surface area contributed by atoms with Crippen LogP contribution < -0.4 is 11.1 Å². The van der Waals surface area contributed by atoms with Crippen LogP contribution >= 0.6 is 11.3 Å². The van der Waals surface area contributed by atoms with Crippen LogP contribution in [0.2, 0.25) is 0 Å². The number of anilines is 2. The van der Waals surface area contributed by atoms with E-state index in [2.05, 4.69) is 10.3 Å². The van der Waals surface area contributed by atoms with Gasteiger partial charge in [-0.3, -0.25) is 4.79 Å². The number of aromatic nitrogens is 1. The number of rotatable bonds is 1. The third-order valence-electron chi connectivity index (χ3n) is 3.54. The minimum absolute atomic E-state index is 0.0297. The summed E-state index contributed by atoms with van der Waals surface area (Å²) >= 11 is 1.48. The zero-order valence-electron chi connectivity index (χ0n) is 11.1. The molecule has 3 rings (SSSR count). The fourth-order valence-electron chi connectivity index (χ4n) is 2.37. The molecule has 0 saturated carbocycles. The summed E-state index contributed by atoms with van der Waals surface area (Å²) in [6.07, 6.45) is 0. The van der Waals surface area contributed by atoms with Crippen molar-refractivity contribution in [2.45, 2.75) is 26.2 Å². The first-order valence-electron chi connectivity index (χ1n) is 6.09. The third-order valence-corrected chi connectivity index (χ3v) is 4.34. The Morgan fingerprint density at radius 1 is 1.37 bits per heavy atom. The Morgan fingerprint density at radius 2 is 2.11 bits per heavy atom. The number of benzene rings is 1. The van der Waals surface area contributed by atoms with Gasteiger partial charge in [-0.05, 0) is 38.5 Å². The molecule has 0 unspecified atom stereocenters. The second kappa shape index (κ2) is 3.81. The van der Waals surface area contributed by atoms with Crippen molar-refractivity contribution in [3.63, 3.8) is 0 Å². The van der Waals surface area contributed by atoms with Crippen LogP contribution in [0.25, 0.3) is 11.3 Å². The standard InChI is InChI=1S/C14H15N3OS/c1-7-16-11(12(15)19-7)8-4-5-10-9(6-8)14(2,3)13(18)17-10/h4-6H,15H2,1-3H3,(H,17,18). The molecule has 2 aromatic rings. The number of amides is 1. The maximum absolute atomic E-state index is 11.9. The quantitative estimate of drug-likeness (QED) is 0.839. The van der Waals surface area contributed by atoms with Crippen molar-refractivity contribution >= 4 is 27.9 Å². The second-order valence-corrected chi connectivity index (χ2v) is 6.52. The van der Waals surface area contributed by atoms with Crippen molar-refractivity contribution in [2.75, 3.05) is 11.1 Å². The lowest BCUT2D eigenvalue weighted by Crippen LogP contribution is -2.26. The number of nitrogens with one attached hydrogen (secondary N) is 1. The third kappa shape index (κ3) is 1.73. The topological polar surface area (TPSA) is 68.0 Å². The molecule has 2 heterocycles. The lowest BCUT2D eigenvalue weighted by molar-refractivity contribution is -0.119. The molecule has 4 nitrogen and oxygen atoms in total. The number of hydrogen-bond donors (Lipinski definition) is 2. The van der Waals surface area contributed by atoms with Gasteiger partial charge in [0.25, 0.3) is 0 Å². The van der Waals surface area contributed by atoms with E-state index < -0.39 is 5.41 Å². The molecule has 0 atom stereocenters. The van der Waals surface area contributed by atoms with Crippen LogP contribution in [-0.2, 0) is 10.2 Å². The molecule has 1 aliphatic heterocycles. The molecule has 3 N–H and O–H groups in total. The van der Waals surface area contributed by atoms with Crippen molar-refractivity contribution < 1.29 is 4.79 Å². The van der Waals surface area contributed by atoms with Gasteiger partial charge in [0.05, 0.1) is 10.4 Å². The number of nitrogen functional groups attached to an aromatic ring is 1. The van der Waals surface area contributed by atoms with Gasteiger partial charge in [-0.15, -0.1) is 11.3 Å². The predicted molar refractivity (Wildman–Crippen MR) is 78.4 cm³/mol. The van der Waals surface area contributed by atoms with Crippen LogP contribution in [0.3, 0.4) is 0 Å². The van der Waals surface area contributed by atoms with Crippen molar-refractivity contribution in [3.8, 4) is 11.3 Å². The van der Waals surface area contributed by atoms with E-state index in [9.17, 15) is 4.79 Å². The van der Waals surface area contributed by atoms with Gasteiger partial charge in [0.15, 0.2) is 0 Å². The van der Waals surface area contributed by atoms with Crippen LogP contribution in [0.4, 0.5) is 10.7 Å². The lowest BCUT2D eigenvalue weighted by Gasteiger charge is -2.15. The second-order valence-electron chi connectivity index (χ2n) is 5.29. The summed E-state index contributed by atoms with van der Waals surface area (Å²) in [5.41, 5.74) is 9.13. The van der Waals surface area contributed by atoms with Crippen molar-refractivity contribution in [1.82, 2.24) is 4.98 Å². The molecule has 1 aromatic heterocycles. The van der Waals surface area contributed by atoms with Crippen molar-refractivity contribution in [3.05, 3.63) is 28.8 Å². The summed E-state index contributed by atoms with van der Waals surface area (Å²) in [7, 11) is 0. The van der Waals surface area contributed by atoms with Crippen LogP contribution in [0, 0.1) is 6.92 Å². The Labute approximate surface area is 115 Å². The molecule has 19 heavy (non-hydrogen) atoms. The van der Waals surface area contributed by atoms with E-state index in [-0.39, 0.29) is 5.91 Å². The summed E-state index contributed by atoms with van der Waals surface area (Å²) < 4.78 is 0. The zero-order chi connectivity index (χ0) is 13.8. The molecule has 0 spiro atoms. The maximum Gasteiger partial charge on any atom is 0.234 e. The van der Waals surface area contributed by atoms with Gasteiger partial charge in [-0.25, -0.2) is 4.98 Å². The summed E-state index contributed by atoms with van der Waals surface area (Å²) in [5.74, 6) is 0.0297. The van der Waals surface area contributed by atoms with E-state index in [1.165, 1.54) is 11.3 Å². The number of fused-ring (bicyclic) bond motifs is 1. The maximum atomic E-state index is 11.9. The number of nitrogens with zero attached hydrogens (tertiary/aromatic N) is 1. The average molecular weight is 273 g/mol.